The number of nitrogens with zero attached hydrogens (tertiary/aromatic N) is 1. The Bertz CT molecular complexity index is 976. The highest BCUT2D eigenvalue weighted by atomic mass is 32.1. The fourth-order valence-corrected chi connectivity index (χ4v) is 4.15. The summed E-state index contributed by atoms with van der Waals surface area (Å²) in [7, 11) is 0. The number of carbonyl (C=O) groups is 1. The number of alkyl halides is 3. The van der Waals surface area contributed by atoms with Gasteiger partial charge < -0.3 is 9.84 Å². The van der Waals surface area contributed by atoms with Crippen LogP contribution in [0.1, 0.15) is 32.8 Å². The van der Waals surface area contributed by atoms with E-state index < -0.39 is 17.7 Å². The number of aromatic carboxylic acids is 1. The van der Waals surface area contributed by atoms with Gasteiger partial charge in [0.2, 0.25) is 0 Å². The molecule has 0 spiro atoms. The standard InChI is InChI=1S/C17H11F3N2O3S/c18-17(19,20)9-2-1-3-10(6-9)25-16-12-11(14(26-16)15(23)24)5-4-8-7-21-22-13(8)12/h1-3,6-7H,4-5H2,(H,21,22)(H,23,24)/p+1. The van der Waals surface area contributed by atoms with Crippen LogP contribution in [0.3, 0.4) is 0 Å². The van der Waals surface area contributed by atoms with Crippen molar-refractivity contribution in [2.75, 3.05) is 0 Å². The van der Waals surface area contributed by atoms with E-state index in [0.717, 1.165) is 34.7 Å². The number of rotatable bonds is 3. The Balaban J connectivity index is 1.78. The smallest absolute Gasteiger partial charge is 0.416 e. The zero-order valence-electron chi connectivity index (χ0n) is 13.1. The second kappa shape index (κ2) is 5.96. The summed E-state index contributed by atoms with van der Waals surface area (Å²) in [4.78, 5) is 11.7. The predicted molar refractivity (Wildman–Crippen MR) is 88.5 cm³/mol. The summed E-state index contributed by atoms with van der Waals surface area (Å²) < 4.78 is 44.4. The summed E-state index contributed by atoms with van der Waals surface area (Å²) in [6, 6.07) is 4.53. The van der Waals surface area contributed by atoms with Gasteiger partial charge in [0.15, 0.2) is 10.8 Å². The monoisotopic (exact) mass is 381 g/mol. The fraction of sp³-hybridized carbons (Fsp3) is 0.176. The van der Waals surface area contributed by atoms with Crippen LogP contribution < -0.4 is 10.2 Å². The van der Waals surface area contributed by atoms with Crippen molar-refractivity contribution in [3.63, 3.8) is 0 Å². The average Bonchev–Trinajstić information content (AvgIpc) is 3.18. The minimum absolute atomic E-state index is 0.00690. The molecule has 0 fully saturated rings. The Labute approximate surface area is 149 Å². The van der Waals surface area contributed by atoms with E-state index in [1.54, 1.807) is 11.6 Å². The molecule has 26 heavy (non-hydrogen) atoms. The number of carboxylic acids is 1. The molecule has 2 aromatic rings. The van der Waals surface area contributed by atoms with Gasteiger partial charge in [-0.3, -0.25) is 0 Å². The van der Waals surface area contributed by atoms with Crippen LogP contribution in [0.5, 0.6) is 10.8 Å². The lowest BCUT2D eigenvalue weighted by atomic mass is 9.92. The molecule has 0 saturated heterocycles. The number of allylic oxidation sites excluding steroid dienone is 1. The van der Waals surface area contributed by atoms with Crippen LogP contribution in [-0.2, 0) is 12.6 Å². The minimum atomic E-state index is -4.48. The molecule has 0 unspecified atom stereocenters. The molecular weight excluding hydrogens is 369 g/mol. The molecule has 0 saturated carbocycles. The van der Waals surface area contributed by atoms with E-state index in [-0.39, 0.29) is 15.7 Å². The molecule has 0 radical (unpaired) electrons. The zero-order chi connectivity index (χ0) is 18.5. The van der Waals surface area contributed by atoms with E-state index in [9.17, 15) is 23.1 Å². The van der Waals surface area contributed by atoms with Gasteiger partial charge in [-0.2, -0.15) is 18.6 Å². The van der Waals surface area contributed by atoms with Crippen LogP contribution in [-0.4, -0.2) is 17.3 Å². The average molecular weight is 381 g/mol. The minimum Gasteiger partial charge on any atom is -0.477 e. The number of ether oxygens (including phenoxy) is 1. The maximum Gasteiger partial charge on any atom is 0.416 e. The molecule has 2 aliphatic rings. The van der Waals surface area contributed by atoms with Gasteiger partial charge >= 0.3 is 12.1 Å². The Morgan fingerprint density at radius 3 is 2.85 bits per heavy atom. The molecule has 9 heteroatoms. The number of halogens is 3. The van der Waals surface area contributed by atoms with E-state index >= 15 is 0 Å². The number of hydrogen-bond donors (Lipinski definition) is 2. The third-order valence-corrected chi connectivity index (χ3v) is 5.33. The van der Waals surface area contributed by atoms with Crippen molar-refractivity contribution in [3.8, 4) is 10.8 Å². The van der Waals surface area contributed by atoms with Crippen LogP contribution in [0, 0.1) is 0 Å². The summed E-state index contributed by atoms with van der Waals surface area (Å²) in [6.45, 7) is 0. The van der Waals surface area contributed by atoms with Gasteiger partial charge in [0.05, 0.1) is 17.3 Å². The van der Waals surface area contributed by atoms with Gasteiger partial charge in [-0.1, -0.05) is 22.5 Å². The van der Waals surface area contributed by atoms with Crippen molar-refractivity contribution in [1.82, 2.24) is 0 Å². The van der Waals surface area contributed by atoms with Crippen LogP contribution in [0.25, 0.3) is 5.70 Å². The van der Waals surface area contributed by atoms with Crippen LogP contribution >= 0.6 is 11.3 Å². The summed E-state index contributed by atoms with van der Waals surface area (Å²) in [5, 5.41) is 13.8. The van der Waals surface area contributed by atoms with E-state index in [1.807, 2.05) is 0 Å². The quantitative estimate of drug-likeness (QED) is 0.800. The molecule has 1 aliphatic carbocycles. The number of carboxylic acid groups (broad SMARTS) is 1. The topological polar surface area (TPSA) is 75.5 Å². The second-order valence-electron chi connectivity index (χ2n) is 5.85. The van der Waals surface area contributed by atoms with Gasteiger partial charge in [-0.15, -0.1) is 0 Å². The molecule has 1 aromatic heterocycles. The molecule has 0 atom stereocenters. The van der Waals surface area contributed by atoms with E-state index in [4.69, 9.17) is 4.74 Å². The second-order valence-corrected chi connectivity index (χ2v) is 6.83. The highest BCUT2D eigenvalue weighted by Crippen LogP contribution is 2.45. The number of fused-ring (bicyclic) bond motifs is 2. The fourth-order valence-electron chi connectivity index (χ4n) is 3.08. The predicted octanol–water partition coefficient (Wildman–Crippen LogP) is 3.48. The first-order valence-electron chi connectivity index (χ1n) is 7.68. The Hall–Kier alpha value is -2.65. The maximum absolute atomic E-state index is 12.9. The van der Waals surface area contributed by atoms with Crippen LogP contribution in [0.15, 0.2) is 34.9 Å². The molecule has 1 aliphatic heterocycles. The normalized spacial score (nSPS) is 15.8. The Kier molecular flexibility index (Phi) is 3.85. The third kappa shape index (κ3) is 2.78. The van der Waals surface area contributed by atoms with E-state index in [2.05, 4.69) is 5.10 Å². The molecule has 0 bridgehead atoms. The van der Waals surface area contributed by atoms with Crippen molar-refractivity contribution >= 4 is 29.2 Å². The van der Waals surface area contributed by atoms with Crippen molar-refractivity contribution in [2.45, 2.75) is 19.0 Å². The SMILES string of the molecule is O=C(O)c1sc(Oc2cccc(C(F)(F)F)c2)c2c1CCC1=C2[NH2+]N=C1. The summed E-state index contributed by atoms with van der Waals surface area (Å²) in [5.41, 5.74) is 3.81. The summed E-state index contributed by atoms with van der Waals surface area (Å²) in [5.74, 6) is -1.07. The molecule has 1 aromatic carbocycles. The molecule has 4 rings (SSSR count). The first kappa shape index (κ1) is 16.8. The van der Waals surface area contributed by atoms with Gasteiger partial charge in [-0.05, 0) is 36.6 Å². The lowest BCUT2D eigenvalue weighted by molar-refractivity contribution is -0.565. The molecule has 2 heterocycles. The lowest BCUT2D eigenvalue weighted by Crippen LogP contribution is -2.73. The van der Waals surface area contributed by atoms with Gasteiger partial charge in [0, 0.05) is 5.57 Å². The first-order valence-corrected chi connectivity index (χ1v) is 8.50. The first-order chi connectivity index (χ1) is 12.3. The van der Waals surface area contributed by atoms with Gasteiger partial charge in [0.1, 0.15) is 10.6 Å². The zero-order valence-corrected chi connectivity index (χ0v) is 13.9. The number of benzene rings is 1. The largest absolute Gasteiger partial charge is 0.477 e. The van der Waals surface area contributed by atoms with Crippen LogP contribution in [0.4, 0.5) is 13.2 Å². The third-order valence-electron chi connectivity index (χ3n) is 4.23. The molecule has 5 nitrogen and oxygen atoms in total. The maximum atomic E-state index is 12.9. The molecule has 0 amide bonds. The van der Waals surface area contributed by atoms with E-state index in [1.165, 1.54) is 12.1 Å². The van der Waals surface area contributed by atoms with Crippen molar-refractivity contribution in [3.05, 3.63) is 51.4 Å². The number of hydrogen-bond acceptors (Lipinski definition) is 4. The van der Waals surface area contributed by atoms with Crippen molar-refractivity contribution in [2.24, 2.45) is 5.10 Å². The van der Waals surface area contributed by atoms with Crippen molar-refractivity contribution < 1.29 is 33.2 Å². The van der Waals surface area contributed by atoms with Gasteiger partial charge in [-0.25, -0.2) is 4.79 Å². The highest BCUT2D eigenvalue weighted by molar-refractivity contribution is 7.16. The van der Waals surface area contributed by atoms with E-state index in [0.29, 0.717) is 24.0 Å². The summed E-state index contributed by atoms with van der Waals surface area (Å²) >= 11 is 0.928. The number of nitrogens with two attached hydrogens (primary N) is 1. The van der Waals surface area contributed by atoms with Crippen molar-refractivity contribution in [1.29, 1.82) is 0 Å². The number of thiophene rings is 1. The molecular formula is C17H12F3N2O3S+. The lowest BCUT2D eigenvalue weighted by Gasteiger charge is -2.13. The highest BCUT2D eigenvalue weighted by Gasteiger charge is 2.35. The number of quaternary nitrogens is 1. The molecule has 134 valence electrons. The van der Waals surface area contributed by atoms with Gasteiger partial charge in [0.25, 0.3) is 0 Å². The summed E-state index contributed by atoms with van der Waals surface area (Å²) in [6.07, 6.45) is -1.58. The Morgan fingerprint density at radius 2 is 2.12 bits per heavy atom. The molecule has 3 N–H and O–H groups in total. The Morgan fingerprint density at radius 1 is 1.31 bits per heavy atom. The van der Waals surface area contributed by atoms with Crippen LogP contribution in [0.2, 0.25) is 0 Å².